The first kappa shape index (κ1) is 21.4. The van der Waals surface area contributed by atoms with Crippen LogP contribution in [-0.4, -0.2) is 37.5 Å². The monoisotopic (exact) mass is 316 g/mol. The van der Waals surface area contributed by atoms with Crippen LogP contribution in [0.2, 0.25) is 0 Å². The molecule has 0 rings (SSSR count). The molecule has 0 bridgehead atoms. The topological polar surface area (TPSA) is 55.8 Å². The van der Waals surface area contributed by atoms with E-state index in [1.54, 1.807) is 7.11 Å². The molecule has 2 atom stereocenters. The van der Waals surface area contributed by atoms with Crippen LogP contribution in [0.5, 0.6) is 0 Å². The lowest BCUT2D eigenvalue weighted by Crippen LogP contribution is -2.27. The largest absolute Gasteiger partial charge is 0.469 e. The van der Waals surface area contributed by atoms with Crippen LogP contribution in [0.25, 0.3) is 0 Å². The normalized spacial score (nSPS) is 13.8. The SMILES string of the molecule is CCCCCCC(O)C(CCCCCCCC(=O)OC)OC. The molecule has 0 aliphatic carbocycles. The van der Waals surface area contributed by atoms with Crippen molar-refractivity contribution in [2.75, 3.05) is 14.2 Å². The molecule has 1 N–H and O–H groups in total. The Kier molecular flexibility index (Phi) is 14.9. The predicted octanol–water partition coefficient (Wildman–Crippen LogP) is 4.24. The molecular weight excluding hydrogens is 280 g/mol. The number of rotatable bonds is 15. The van der Waals surface area contributed by atoms with Gasteiger partial charge in [-0.25, -0.2) is 0 Å². The number of ether oxygens (including phenoxy) is 2. The van der Waals surface area contributed by atoms with Crippen LogP contribution in [0.3, 0.4) is 0 Å². The molecule has 0 amide bonds. The van der Waals surface area contributed by atoms with E-state index in [2.05, 4.69) is 11.7 Å². The highest BCUT2D eigenvalue weighted by atomic mass is 16.5. The van der Waals surface area contributed by atoms with Crippen LogP contribution in [0.4, 0.5) is 0 Å². The van der Waals surface area contributed by atoms with E-state index in [-0.39, 0.29) is 18.2 Å². The molecule has 0 saturated carbocycles. The fraction of sp³-hybridized carbons (Fsp3) is 0.944. The molecular formula is C18H36O4. The Bertz CT molecular complexity index is 255. The molecule has 0 radical (unpaired) electrons. The Morgan fingerprint density at radius 1 is 0.909 bits per heavy atom. The Balaban J connectivity index is 3.57. The Hall–Kier alpha value is -0.610. The van der Waals surface area contributed by atoms with Crippen molar-refractivity contribution in [3.8, 4) is 0 Å². The van der Waals surface area contributed by atoms with Gasteiger partial charge in [-0.2, -0.15) is 0 Å². The van der Waals surface area contributed by atoms with Crippen LogP contribution in [0, 0.1) is 0 Å². The minimum absolute atomic E-state index is 0.0308. The molecule has 22 heavy (non-hydrogen) atoms. The molecule has 0 saturated heterocycles. The van der Waals surface area contributed by atoms with Crippen molar-refractivity contribution in [1.82, 2.24) is 0 Å². The summed E-state index contributed by atoms with van der Waals surface area (Å²) < 4.78 is 10.0. The zero-order valence-corrected chi connectivity index (χ0v) is 14.8. The number of hydrogen-bond donors (Lipinski definition) is 1. The predicted molar refractivity (Wildman–Crippen MR) is 89.9 cm³/mol. The molecule has 0 fully saturated rings. The lowest BCUT2D eigenvalue weighted by molar-refractivity contribution is -0.140. The maximum atomic E-state index is 11.0. The van der Waals surface area contributed by atoms with Crippen LogP contribution in [0.15, 0.2) is 0 Å². The molecule has 132 valence electrons. The smallest absolute Gasteiger partial charge is 0.305 e. The van der Waals surface area contributed by atoms with E-state index in [0.29, 0.717) is 6.42 Å². The van der Waals surface area contributed by atoms with E-state index in [1.807, 2.05) is 0 Å². The summed E-state index contributed by atoms with van der Waals surface area (Å²) in [6.07, 6.45) is 12.0. The molecule has 0 spiro atoms. The summed E-state index contributed by atoms with van der Waals surface area (Å²) in [5.74, 6) is -0.120. The number of hydrogen-bond acceptors (Lipinski definition) is 4. The fourth-order valence-corrected chi connectivity index (χ4v) is 2.68. The number of carbonyl (C=O) groups excluding carboxylic acids is 1. The van der Waals surface area contributed by atoms with Crippen molar-refractivity contribution in [2.45, 2.75) is 96.2 Å². The number of carbonyl (C=O) groups is 1. The highest BCUT2D eigenvalue weighted by Gasteiger charge is 2.17. The Morgan fingerprint density at radius 3 is 2.14 bits per heavy atom. The summed E-state index contributed by atoms with van der Waals surface area (Å²) in [6.45, 7) is 2.19. The van der Waals surface area contributed by atoms with Gasteiger partial charge >= 0.3 is 5.97 Å². The van der Waals surface area contributed by atoms with Crippen LogP contribution in [0.1, 0.15) is 84.0 Å². The van der Waals surface area contributed by atoms with Crippen LogP contribution < -0.4 is 0 Å². The van der Waals surface area contributed by atoms with E-state index in [1.165, 1.54) is 26.4 Å². The van der Waals surface area contributed by atoms with Gasteiger partial charge in [-0.05, 0) is 19.3 Å². The quantitative estimate of drug-likeness (QED) is 0.363. The van der Waals surface area contributed by atoms with Gasteiger partial charge in [-0.1, -0.05) is 58.3 Å². The van der Waals surface area contributed by atoms with Crippen molar-refractivity contribution >= 4 is 5.97 Å². The highest BCUT2D eigenvalue weighted by molar-refractivity contribution is 5.68. The van der Waals surface area contributed by atoms with Crippen LogP contribution in [-0.2, 0) is 14.3 Å². The van der Waals surface area contributed by atoms with Gasteiger partial charge in [0, 0.05) is 13.5 Å². The van der Waals surface area contributed by atoms with Gasteiger partial charge in [0.15, 0.2) is 0 Å². The first-order chi connectivity index (χ1) is 10.7. The number of methoxy groups -OCH3 is 2. The van der Waals surface area contributed by atoms with Crippen molar-refractivity contribution in [1.29, 1.82) is 0 Å². The Morgan fingerprint density at radius 2 is 1.50 bits per heavy atom. The first-order valence-electron chi connectivity index (χ1n) is 8.93. The number of aliphatic hydroxyl groups is 1. The van der Waals surface area contributed by atoms with Gasteiger partial charge in [-0.3, -0.25) is 4.79 Å². The van der Waals surface area contributed by atoms with E-state index in [9.17, 15) is 9.90 Å². The summed E-state index contributed by atoms with van der Waals surface area (Å²) >= 11 is 0. The Labute approximate surface area is 136 Å². The summed E-state index contributed by atoms with van der Waals surface area (Å²) in [5, 5.41) is 10.2. The van der Waals surface area contributed by atoms with Gasteiger partial charge in [0.2, 0.25) is 0 Å². The maximum Gasteiger partial charge on any atom is 0.305 e. The second-order valence-corrected chi connectivity index (χ2v) is 6.07. The number of unbranched alkanes of at least 4 members (excludes halogenated alkanes) is 7. The molecule has 0 aliphatic heterocycles. The van der Waals surface area contributed by atoms with Gasteiger partial charge in [-0.15, -0.1) is 0 Å². The summed E-state index contributed by atoms with van der Waals surface area (Å²) in [6, 6.07) is 0. The van der Waals surface area contributed by atoms with Crippen molar-refractivity contribution in [2.24, 2.45) is 0 Å². The molecule has 0 aromatic rings. The number of esters is 1. The minimum Gasteiger partial charge on any atom is -0.469 e. The molecule has 4 nitrogen and oxygen atoms in total. The molecule has 0 aromatic carbocycles. The second kappa shape index (κ2) is 15.3. The highest BCUT2D eigenvalue weighted by Crippen LogP contribution is 2.16. The summed E-state index contributed by atoms with van der Waals surface area (Å²) in [4.78, 5) is 11.0. The van der Waals surface area contributed by atoms with E-state index < -0.39 is 0 Å². The van der Waals surface area contributed by atoms with Crippen molar-refractivity contribution in [3.05, 3.63) is 0 Å². The van der Waals surface area contributed by atoms with Gasteiger partial charge in [0.05, 0.1) is 19.3 Å². The minimum atomic E-state index is -0.332. The standard InChI is InChI=1S/C18H36O4/c1-4-5-6-10-13-16(19)17(21-2)14-11-8-7-9-12-15-18(20)22-3/h16-17,19H,4-15H2,1-3H3. The first-order valence-corrected chi connectivity index (χ1v) is 8.93. The summed E-state index contributed by atoms with van der Waals surface area (Å²) in [7, 11) is 3.12. The average molecular weight is 316 g/mol. The zero-order valence-electron chi connectivity index (χ0n) is 14.8. The maximum absolute atomic E-state index is 11.0. The lowest BCUT2D eigenvalue weighted by Gasteiger charge is -2.21. The molecule has 4 heteroatoms. The summed E-state index contributed by atoms with van der Waals surface area (Å²) in [5.41, 5.74) is 0. The average Bonchev–Trinajstić information content (AvgIpc) is 2.53. The van der Waals surface area contributed by atoms with Crippen molar-refractivity contribution < 1.29 is 19.4 Å². The third-order valence-electron chi connectivity index (χ3n) is 4.18. The van der Waals surface area contributed by atoms with Crippen LogP contribution >= 0.6 is 0 Å². The van der Waals surface area contributed by atoms with E-state index >= 15 is 0 Å². The van der Waals surface area contributed by atoms with Crippen molar-refractivity contribution in [3.63, 3.8) is 0 Å². The molecule has 0 aromatic heterocycles. The van der Waals surface area contributed by atoms with E-state index in [0.717, 1.165) is 51.4 Å². The van der Waals surface area contributed by atoms with E-state index in [4.69, 9.17) is 4.74 Å². The third-order valence-corrected chi connectivity index (χ3v) is 4.18. The molecule has 0 aliphatic rings. The molecule has 0 heterocycles. The molecule has 2 unspecified atom stereocenters. The number of aliphatic hydroxyl groups excluding tert-OH is 1. The van der Waals surface area contributed by atoms with Gasteiger partial charge < -0.3 is 14.6 Å². The fourth-order valence-electron chi connectivity index (χ4n) is 2.68. The third kappa shape index (κ3) is 12.0. The van der Waals surface area contributed by atoms with Gasteiger partial charge in [0.25, 0.3) is 0 Å². The second-order valence-electron chi connectivity index (χ2n) is 6.07. The van der Waals surface area contributed by atoms with Gasteiger partial charge in [0.1, 0.15) is 0 Å². The lowest BCUT2D eigenvalue weighted by atomic mass is 10.00. The zero-order chi connectivity index (χ0) is 16.6.